The lowest BCUT2D eigenvalue weighted by molar-refractivity contribution is -0.143. The van der Waals surface area contributed by atoms with Gasteiger partial charge in [0.05, 0.1) is 7.11 Å². The van der Waals surface area contributed by atoms with Crippen LogP contribution in [0, 0.1) is 0 Å². The first kappa shape index (κ1) is 10.6. The van der Waals surface area contributed by atoms with Crippen molar-refractivity contribution >= 4 is 17.3 Å². The molecular formula is C11H15NO2S. The molecule has 0 fully saturated rings. The van der Waals surface area contributed by atoms with E-state index in [0.29, 0.717) is 0 Å². The standard InChI is InChI=1S/C11H15NO2S/c1-11(2)6-12-8(10(13)14-3)7-4-5-15-9(7)11/h4-5,8,12H,6H2,1-3H3. The summed E-state index contributed by atoms with van der Waals surface area (Å²) in [6.45, 7) is 5.17. The van der Waals surface area contributed by atoms with Crippen molar-refractivity contribution in [1.29, 1.82) is 0 Å². The molecule has 0 spiro atoms. The Balaban J connectivity index is 2.40. The molecule has 1 aliphatic heterocycles. The number of carbonyl (C=O) groups is 1. The lowest BCUT2D eigenvalue weighted by atomic mass is 9.83. The van der Waals surface area contributed by atoms with Gasteiger partial charge >= 0.3 is 5.97 Å². The highest BCUT2D eigenvalue weighted by Gasteiger charge is 2.36. The highest BCUT2D eigenvalue weighted by molar-refractivity contribution is 7.10. The zero-order valence-corrected chi connectivity index (χ0v) is 9.98. The molecule has 0 saturated heterocycles. The molecule has 1 atom stereocenters. The van der Waals surface area contributed by atoms with Crippen molar-refractivity contribution in [3.8, 4) is 0 Å². The van der Waals surface area contributed by atoms with E-state index in [0.717, 1.165) is 12.1 Å². The lowest BCUT2D eigenvalue weighted by Crippen LogP contribution is -2.43. The molecule has 15 heavy (non-hydrogen) atoms. The summed E-state index contributed by atoms with van der Waals surface area (Å²) in [5.74, 6) is -0.204. The average Bonchev–Trinajstić information content (AvgIpc) is 2.67. The van der Waals surface area contributed by atoms with Gasteiger partial charge in [0.25, 0.3) is 0 Å². The molecule has 0 amide bonds. The Morgan fingerprint density at radius 1 is 1.67 bits per heavy atom. The predicted octanol–water partition coefficient (Wildman–Crippen LogP) is 1.84. The lowest BCUT2D eigenvalue weighted by Gasteiger charge is -2.34. The van der Waals surface area contributed by atoms with Gasteiger partial charge in [0.15, 0.2) is 0 Å². The molecule has 4 heteroatoms. The summed E-state index contributed by atoms with van der Waals surface area (Å²) in [5.41, 5.74) is 1.18. The van der Waals surface area contributed by atoms with Gasteiger partial charge in [0.1, 0.15) is 6.04 Å². The first-order chi connectivity index (χ1) is 7.06. The Morgan fingerprint density at radius 3 is 3.07 bits per heavy atom. The molecule has 3 nitrogen and oxygen atoms in total. The van der Waals surface area contributed by atoms with Gasteiger partial charge in [0, 0.05) is 16.8 Å². The fourth-order valence-electron chi connectivity index (χ4n) is 1.97. The van der Waals surface area contributed by atoms with E-state index in [1.54, 1.807) is 11.3 Å². The highest BCUT2D eigenvalue weighted by Crippen LogP contribution is 2.38. The molecule has 1 unspecified atom stereocenters. The van der Waals surface area contributed by atoms with Gasteiger partial charge in [-0.15, -0.1) is 11.3 Å². The number of hydrogen-bond donors (Lipinski definition) is 1. The zero-order valence-electron chi connectivity index (χ0n) is 9.16. The number of nitrogens with one attached hydrogen (secondary N) is 1. The number of hydrogen-bond acceptors (Lipinski definition) is 4. The van der Waals surface area contributed by atoms with Gasteiger partial charge in [-0.1, -0.05) is 13.8 Å². The Kier molecular flexibility index (Phi) is 2.56. The molecular weight excluding hydrogens is 210 g/mol. The first-order valence-electron chi connectivity index (χ1n) is 4.95. The largest absolute Gasteiger partial charge is 0.468 e. The normalized spacial score (nSPS) is 23.3. The average molecular weight is 225 g/mol. The summed E-state index contributed by atoms with van der Waals surface area (Å²) in [6.07, 6.45) is 0. The van der Waals surface area contributed by atoms with Crippen LogP contribution in [0.2, 0.25) is 0 Å². The predicted molar refractivity (Wildman–Crippen MR) is 60.1 cm³/mol. The molecule has 0 aliphatic carbocycles. The minimum atomic E-state index is -0.288. The van der Waals surface area contributed by atoms with E-state index < -0.39 is 0 Å². The van der Waals surface area contributed by atoms with Crippen LogP contribution in [0.4, 0.5) is 0 Å². The van der Waals surface area contributed by atoms with Gasteiger partial charge < -0.3 is 4.74 Å². The van der Waals surface area contributed by atoms with Crippen molar-refractivity contribution < 1.29 is 9.53 Å². The van der Waals surface area contributed by atoms with Crippen LogP contribution in [-0.4, -0.2) is 19.6 Å². The van der Waals surface area contributed by atoms with E-state index in [-0.39, 0.29) is 17.4 Å². The van der Waals surface area contributed by atoms with Crippen molar-refractivity contribution in [1.82, 2.24) is 5.32 Å². The summed E-state index contributed by atoms with van der Waals surface area (Å²) in [5, 5.41) is 5.27. The molecule has 0 radical (unpaired) electrons. The molecule has 2 rings (SSSR count). The van der Waals surface area contributed by atoms with Crippen molar-refractivity contribution in [2.45, 2.75) is 25.3 Å². The Labute approximate surface area is 93.4 Å². The van der Waals surface area contributed by atoms with Gasteiger partial charge in [0.2, 0.25) is 0 Å². The maximum absolute atomic E-state index is 11.6. The number of fused-ring (bicyclic) bond motifs is 1. The zero-order chi connectivity index (χ0) is 11.1. The molecule has 0 bridgehead atoms. The molecule has 1 aliphatic rings. The summed E-state index contributed by atoms with van der Waals surface area (Å²) in [6, 6.07) is 1.72. The smallest absolute Gasteiger partial charge is 0.327 e. The fraction of sp³-hybridized carbons (Fsp3) is 0.545. The van der Waals surface area contributed by atoms with Crippen LogP contribution in [0.3, 0.4) is 0 Å². The quantitative estimate of drug-likeness (QED) is 0.741. The number of rotatable bonds is 1. The maximum Gasteiger partial charge on any atom is 0.327 e. The second kappa shape index (κ2) is 3.61. The third-order valence-corrected chi connectivity index (χ3v) is 4.10. The van der Waals surface area contributed by atoms with E-state index in [9.17, 15) is 4.79 Å². The van der Waals surface area contributed by atoms with Crippen LogP contribution >= 0.6 is 11.3 Å². The van der Waals surface area contributed by atoms with Crippen molar-refractivity contribution in [3.05, 3.63) is 21.9 Å². The summed E-state index contributed by atoms with van der Waals surface area (Å²) in [4.78, 5) is 12.8. The molecule has 2 heterocycles. The Bertz CT molecular complexity index is 384. The molecule has 0 aromatic carbocycles. The van der Waals surface area contributed by atoms with Crippen molar-refractivity contribution in [2.75, 3.05) is 13.7 Å². The molecule has 1 aromatic rings. The third-order valence-electron chi connectivity index (χ3n) is 2.81. The molecule has 1 aromatic heterocycles. The molecule has 0 saturated carbocycles. The van der Waals surface area contributed by atoms with E-state index in [2.05, 4.69) is 19.2 Å². The number of thiophene rings is 1. The Morgan fingerprint density at radius 2 is 2.40 bits per heavy atom. The number of ether oxygens (including phenoxy) is 1. The van der Waals surface area contributed by atoms with E-state index in [1.165, 1.54) is 12.0 Å². The maximum atomic E-state index is 11.6. The number of esters is 1. The van der Waals surface area contributed by atoms with Crippen LogP contribution in [0.25, 0.3) is 0 Å². The summed E-state index contributed by atoms with van der Waals surface area (Å²) in [7, 11) is 1.43. The summed E-state index contributed by atoms with van der Waals surface area (Å²) < 4.78 is 4.79. The van der Waals surface area contributed by atoms with E-state index in [4.69, 9.17) is 4.74 Å². The monoisotopic (exact) mass is 225 g/mol. The minimum Gasteiger partial charge on any atom is -0.468 e. The summed E-state index contributed by atoms with van der Waals surface area (Å²) >= 11 is 1.72. The highest BCUT2D eigenvalue weighted by atomic mass is 32.1. The van der Waals surface area contributed by atoms with Gasteiger partial charge in [-0.05, 0) is 17.0 Å². The Hall–Kier alpha value is -0.870. The SMILES string of the molecule is COC(=O)C1NCC(C)(C)c2sccc21. The fourth-order valence-corrected chi connectivity index (χ4v) is 3.04. The number of carbonyl (C=O) groups excluding carboxylic acids is 1. The van der Waals surface area contributed by atoms with Crippen LogP contribution in [-0.2, 0) is 14.9 Å². The topological polar surface area (TPSA) is 38.3 Å². The van der Waals surface area contributed by atoms with Crippen molar-refractivity contribution in [2.24, 2.45) is 0 Å². The van der Waals surface area contributed by atoms with Crippen LogP contribution < -0.4 is 5.32 Å². The van der Waals surface area contributed by atoms with Gasteiger partial charge in [-0.25, -0.2) is 4.79 Å². The third kappa shape index (κ3) is 1.68. The van der Waals surface area contributed by atoms with Gasteiger partial charge in [-0.2, -0.15) is 0 Å². The molecule has 1 N–H and O–H groups in total. The van der Waals surface area contributed by atoms with Crippen molar-refractivity contribution in [3.63, 3.8) is 0 Å². The van der Waals surface area contributed by atoms with Crippen LogP contribution in [0.15, 0.2) is 11.4 Å². The van der Waals surface area contributed by atoms with Gasteiger partial charge in [-0.3, -0.25) is 5.32 Å². The van der Waals surface area contributed by atoms with Crippen LogP contribution in [0.1, 0.15) is 30.3 Å². The van der Waals surface area contributed by atoms with E-state index >= 15 is 0 Å². The second-order valence-electron chi connectivity index (χ2n) is 4.43. The minimum absolute atomic E-state index is 0.105. The van der Waals surface area contributed by atoms with E-state index in [1.807, 2.05) is 11.4 Å². The first-order valence-corrected chi connectivity index (χ1v) is 5.83. The second-order valence-corrected chi connectivity index (χ2v) is 5.34. The molecule has 82 valence electrons. The van der Waals surface area contributed by atoms with Crippen LogP contribution in [0.5, 0.6) is 0 Å². The number of methoxy groups -OCH3 is 1.